The van der Waals surface area contributed by atoms with Gasteiger partial charge in [-0.15, -0.1) is 0 Å². The van der Waals surface area contributed by atoms with E-state index in [1.807, 2.05) is 32.9 Å². The predicted octanol–water partition coefficient (Wildman–Crippen LogP) is 3.05. The molecule has 3 saturated carbocycles. The van der Waals surface area contributed by atoms with Gasteiger partial charge in [0.1, 0.15) is 18.0 Å². The van der Waals surface area contributed by atoms with E-state index in [-0.39, 0.29) is 64.6 Å². The first-order chi connectivity index (χ1) is 25.1. The first kappa shape index (κ1) is 43.7. The van der Waals surface area contributed by atoms with Crippen molar-refractivity contribution in [3.05, 3.63) is 53.1 Å². The number of fused-ring (bicyclic) bond motifs is 7. The van der Waals surface area contributed by atoms with E-state index in [2.05, 4.69) is 29.5 Å². The number of carbonyl (C=O) groups is 2. The fraction of sp³-hybridized carbons (Fsp3) is 0.707. The van der Waals surface area contributed by atoms with Crippen LogP contribution in [0, 0.1) is 34.5 Å². The number of hydrogen-bond donors (Lipinski definition) is 5. The number of nitrogens with one attached hydrogen (secondary N) is 1. The van der Waals surface area contributed by atoms with Crippen molar-refractivity contribution in [2.24, 2.45) is 34.5 Å². The van der Waals surface area contributed by atoms with Crippen LogP contribution in [0.5, 0.6) is 5.75 Å². The summed E-state index contributed by atoms with van der Waals surface area (Å²) in [5.41, 5.74) is 0.738. The molecule has 1 aliphatic heterocycles. The predicted molar refractivity (Wildman–Crippen MR) is 210 cm³/mol. The molecule has 1 heterocycles. The molecule has 0 unspecified atom stereocenters. The van der Waals surface area contributed by atoms with E-state index in [1.54, 1.807) is 18.2 Å². The summed E-state index contributed by atoms with van der Waals surface area (Å²) in [4.78, 5) is 26.6. The van der Waals surface area contributed by atoms with Crippen molar-refractivity contribution in [1.29, 1.82) is 0 Å². The molecule has 54 heavy (non-hydrogen) atoms. The molecule has 0 spiro atoms. The fourth-order valence-corrected chi connectivity index (χ4v) is 13.2. The van der Waals surface area contributed by atoms with E-state index in [0.29, 0.717) is 43.6 Å². The number of rotatable bonds is 9. The Kier molecular flexibility index (Phi) is 13.6. The second-order valence-corrected chi connectivity index (χ2v) is 18.7. The summed E-state index contributed by atoms with van der Waals surface area (Å²) in [6.07, 6.45) is 11.3. The van der Waals surface area contributed by atoms with Crippen LogP contribution in [0.4, 0.5) is 0 Å². The van der Waals surface area contributed by atoms with Crippen molar-refractivity contribution in [3.8, 4) is 5.75 Å². The molecular formula is C41H62N3NaO8S. The number of piperidine rings is 1. The number of ketones is 2. The average Bonchev–Trinajstić information content (AvgIpc) is 3.38. The summed E-state index contributed by atoms with van der Waals surface area (Å²) in [5, 5.41) is 41.9. The Hall–Kier alpha value is -1.45. The molecule has 5 aliphatic carbocycles. The van der Waals surface area contributed by atoms with Crippen LogP contribution >= 0.6 is 0 Å². The number of aromatic hydroxyl groups is 1. The zero-order chi connectivity index (χ0) is 38.5. The molecular weight excluding hydrogens is 718 g/mol. The Morgan fingerprint density at radius 3 is 2.50 bits per heavy atom. The molecule has 11 nitrogen and oxygen atoms in total. The molecule has 1 aromatic rings. The minimum absolute atomic E-state index is 0. The first-order valence-electron chi connectivity index (χ1n) is 19.9. The maximum absolute atomic E-state index is 12.7. The van der Waals surface area contributed by atoms with Gasteiger partial charge in [-0.25, -0.2) is 0 Å². The van der Waals surface area contributed by atoms with E-state index in [1.165, 1.54) is 9.87 Å². The number of carbonyl (C=O) groups excluding carboxylic acids is 2. The Morgan fingerprint density at radius 1 is 1.11 bits per heavy atom. The van der Waals surface area contributed by atoms with Crippen LogP contribution in [0.15, 0.2) is 42.0 Å². The number of hydrogen-bond acceptors (Lipinski definition) is 9. The van der Waals surface area contributed by atoms with Gasteiger partial charge in [-0.3, -0.25) is 14.5 Å². The number of aliphatic hydroxyl groups is 3. The molecule has 13 heteroatoms. The molecule has 4 fully saturated rings. The molecule has 0 radical (unpaired) electrons. The van der Waals surface area contributed by atoms with Crippen molar-refractivity contribution in [2.45, 2.75) is 116 Å². The van der Waals surface area contributed by atoms with Crippen molar-refractivity contribution in [3.63, 3.8) is 0 Å². The van der Waals surface area contributed by atoms with Gasteiger partial charge < -0.3 is 20.4 Å². The van der Waals surface area contributed by atoms with Crippen LogP contribution in [0.2, 0.25) is 0 Å². The van der Waals surface area contributed by atoms with Crippen LogP contribution in [-0.2, 0) is 32.6 Å². The Morgan fingerprint density at radius 2 is 1.83 bits per heavy atom. The van der Waals surface area contributed by atoms with Gasteiger partial charge in [0, 0.05) is 48.5 Å². The fourth-order valence-electron chi connectivity index (χ4n) is 11.8. The van der Waals surface area contributed by atoms with Crippen LogP contribution in [0.25, 0.3) is 0 Å². The van der Waals surface area contributed by atoms with Crippen molar-refractivity contribution in [2.75, 3.05) is 32.8 Å². The Bertz CT molecular complexity index is 1730. The van der Waals surface area contributed by atoms with Gasteiger partial charge in [0.05, 0.1) is 6.10 Å². The van der Waals surface area contributed by atoms with Gasteiger partial charge in [-0.2, -0.15) is 17.4 Å². The summed E-state index contributed by atoms with van der Waals surface area (Å²) >= 11 is 0. The second-order valence-electron chi connectivity index (χ2n) is 17.0. The summed E-state index contributed by atoms with van der Waals surface area (Å²) in [6, 6.07) is 6.13. The average molecular weight is 780 g/mol. The van der Waals surface area contributed by atoms with Crippen molar-refractivity contribution in [1.82, 2.24) is 13.9 Å². The number of phenolic OH excluding ortho intramolecular Hbond substituents is 1. The third-order valence-electron chi connectivity index (χ3n) is 14.3. The van der Waals surface area contributed by atoms with E-state index in [0.717, 1.165) is 69.2 Å². The Labute approximate surface area is 344 Å². The molecule has 10 atom stereocenters. The number of aliphatic hydroxyl groups excluding tert-OH is 2. The zero-order valence-electron chi connectivity index (χ0n) is 32.1. The van der Waals surface area contributed by atoms with Gasteiger partial charge in [0.2, 0.25) is 0 Å². The van der Waals surface area contributed by atoms with E-state index in [4.69, 9.17) is 0 Å². The number of allylic oxidation sites excluding steroid dienone is 4. The summed E-state index contributed by atoms with van der Waals surface area (Å²) in [7, 11) is -3.46. The standard InChI is InChI=1S/C21H28O5.C20H33N3O3S.Na.H/c1-19-7-5-13(23)9-12(19)3-4-14-15-6-8-21(26,17(25)11-22)20(15,2)10-16(24)18(14)19;1-4-10-22-14-17(21-27(25,26)23(5-2)6-3)11-16-12-18-15(13-19(16)22)8-7-9-20(18)24;;/h5,7,9,14-16,18,22,24,26H,3-4,6,8,10-11H2,1-2H3;7-9,16-17,19,21,24H,4-6,10-14H2,1-3H3;;/t14-,15-,16-,18+,19-,20-,21-;16-,17+,19-;;/m01../s1. The Balaban J connectivity index is 0.000000204. The molecule has 5 N–H and O–H groups in total. The minimum atomic E-state index is -3.46. The molecule has 1 aromatic carbocycles. The third kappa shape index (κ3) is 7.63. The topological polar surface area (TPSA) is 168 Å². The molecule has 7 rings (SSSR count). The second kappa shape index (κ2) is 16.8. The molecule has 1 saturated heterocycles. The first-order valence-corrected chi connectivity index (χ1v) is 21.3. The maximum atomic E-state index is 12.7. The van der Waals surface area contributed by atoms with Crippen LogP contribution < -0.4 is 4.72 Å². The zero-order valence-corrected chi connectivity index (χ0v) is 32.9. The molecule has 296 valence electrons. The van der Waals surface area contributed by atoms with Crippen molar-refractivity contribution < 1.29 is 38.4 Å². The van der Waals surface area contributed by atoms with Crippen LogP contribution in [-0.4, -0.2) is 136 Å². The van der Waals surface area contributed by atoms with Gasteiger partial charge in [-0.05, 0) is 111 Å². The summed E-state index contributed by atoms with van der Waals surface area (Å²) < 4.78 is 29.8. The van der Waals surface area contributed by atoms with Gasteiger partial charge >= 0.3 is 29.6 Å². The number of Topliss-reactive ketones (excluding diaryl/α,β-unsaturated/α-hetero) is 1. The van der Waals surface area contributed by atoms with Gasteiger partial charge in [0.15, 0.2) is 11.6 Å². The van der Waals surface area contributed by atoms with E-state index < -0.39 is 39.7 Å². The number of phenols is 1. The molecule has 0 amide bonds. The number of nitrogens with zero attached hydrogens (tertiary/aromatic N) is 2. The van der Waals surface area contributed by atoms with E-state index in [9.17, 15) is 38.4 Å². The number of benzene rings is 1. The van der Waals surface area contributed by atoms with Crippen molar-refractivity contribution >= 4 is 51.3 Å². The van der Waals surface area contributed by atoms with Crippen LogP contribution in [0.3, 0.4) is 0 Å². The summed E-state index contributed by atoms with van der Waals surface area (Å²) in [5.74, 6) is 0.504. The molecule has 0 aromatic heterocycles. The number of likely N-dealkylation sites (tertiary alicyclic amines) is 1. The van der Waals surface area contributed by atoms with Gasteiger partial charge in [-0.1, -0.05) is 58.4 Å². The third-order valence-corrected chi connectivity index (χ3v) is 16.2. The molecule has 0 bridgehead atoms. The monoisotopic (exact) mass is 779 g/mol. The quantitative estimate of drug-likeness (QED) is 0.237. The summed E-state index contributed by atoms with van der Waals surface area (Å²) in [6.45, 7) is 11.9. The SMILES string of the molecule is CCCN1C[C@@H](NS(=O)(=O)N(CC)CC)C[C@@H]2Cc3c(O)cccc3C[C@H]21.C[C@]12C=CC(=O)C=C1CC[C@@H]1[C@@H]2[C@@H](O)C[C@@]2(C)[C@H]1CC[C@]2(O)C(=O)CO.[NaH]. The van der Waals surface area contributed by atoms with E-state index >= 15 is 0 Å². The molecule has 6 aliphatic rings. The normalized spacial score (nSPS) is 37.0. The van der Waals surface area contributed by atoms with Crippen LogP contribution in [0.1, 0.15) is 90.7 Å². The van der Waals surface area contributed by atoms with Gasteiger partial charge in [0.25, 0.3) is 10.2 Å².